The van der Waals surface area contributed by atoms with Crippen molar-refractivity contribution in [1.29, 1.82) is 0 Å². The summed E-state index contributed by atoms with van der Waals surface area (Å²) in [6, 6.07) is 0.164. The molecule has 0 unspecified atom stereocenters. The Hall–Kier alpha value is -1.43. The second kappa shape index (κ2) is 5.28. The van der Waals surface area contributed by atoms with Crippen molar-refractivity contribution in [2.24, 2.45) is 5.92 Å². The summed E-state index contributed by atoms with van der Waals surface area (Å²) in [7, 11) is 0. The molecule has 0 aromatic carbocycles. The molecule has 19 heavy (non-hydrogen) atoms. The number of carbonyl (C=O) groups is 2. The molecule has 1 saturated carbocycles. The Morgan fingerprint density at radius 3 is 2.58 bits per heavy atom. The van der Waals surface area contributed by atoms with Crippen LogP contribution < -0.4 is 5.32 Å². The summed E-state index contributed by atoms with van der Waals surface area (Å²) in [5, 5.41) is 4.74. The number of aromatic nitrogens is 1. The van der Waals surface area contributed by atoms with Crippen molar-refractivity contribution >= 4 is 23.2 Å². The van der Waals surface area contributed by atoms with Gasteiger partial charge in [0.1, 0.15) is 5.69 Å². The highest BCUT2D eigenvalue weighted by molar-refractivity contribution is 7.07. The number of hydrogen-bond acceptors (Lipinski definition) is 4. The molecule has 1 aliphatic carbocycles. The Morgan fingerprint density at radius 2 is 2.00 bits per heavy atom. The summed E-state index contributed by atoms with van der Waals surface area (Å²) in [6.07, 6.45) is 3.79. The lowest BCUT2D eigenvalue weighted by Gasteiger charge is -2.32. The molecule has 2 amide bonds. The summed E-state index contributed by atoms with van der Waals surface area (Å²) < 4.78 is 0. The molecule has 102 valence electrons. The Morgan fingerprint density at radius 1 is 1.26 bits per heavy atom. The molecule has 2 aliphatic rings. The van der Waals surface area contributed by atoms with Crippen LogP contribution >= 0.6 is 11.3 Å². The zero-order valence-electron chi connectivity index (χ0n) is 10.7. The largest absolute Gasteiger partial charge is 0.348 e. The lowest BCUT2D eigenvalue weighted by molar-refractivity contribution is -0.133. The molecule has 2 fully saturated rings. The topological polar surface area (TPSA) is 62.3 Å². The van der Waals surface area contributed by atoms with Crippen molar-refractivity contribution < 1.29 is 9.59 Å². The SMILES string of the molecule is O=C(NC1CCN(C(=O)C2CC2)CC1)c1cscn1. The van der Waals surface area contributed by atoms with E-state index in [4.69, 9.17) is 0 Å². The highest BCUT2D eigenvalue weighted by Gasteiger charge is 2.35. The third-order valence-electron chi connectivity index (χ3n) is 3.73. The van der Waals surface area contributed by atoms with Crippen LogP contribution in [-0.4, -0.2) is 40.8 Å². The molecule has 1 N–H and O–H groups in total. The van der Waals surface area contributed by atoms with Gasteiger partial charge < -0.3 is 10.2 Å². The van der Waals surface area contributed by atoms with E-state index in [0.717, 1.165) is 38.8 Å². The van der Waals surface area contributed by atoms with Gasteiger partial charge in [-0.1, -0.05) is 0 Å². The van der Waals surface area contributed by atoms with Crippen molar-refractivity contribution in [3.05, 3.63) is 16.6 Å². The Bertz CT molecular complexity index is 462. The van der Waals surface area contributed by atoms with Gasteiger partial charge in [0.2, 0.25) is 5.91 Å². The zero-order valence-corrected chi connectivity index (χ0v) is 11.5. The number of piperidine rings is 1. The van der Waals surface area contributed by atoms with Crippen molar-refractivity contribution in [2.45, 2.75) is 31.7 Å². The Labute approximate surface area is 116 Å². The van der Waals surface area contributed by atoms with Gasteiger partial charge in [-0.05, 0) is 25.7 Å². The van der Waals surface area contributed by atoms with Crippen molar-refractivity contribution in [2.75, 3.05) is 13.1 Å². The van der Waals surface area contributed by atoms with Crippen molar-refractivity contribution in [3.8, 4) is 0 Å². The predicted octanol–water partition coefficient (Wildman–Crippen LogP) is 1.27. The molecular formula is C13H17N3O2S. The van der Waals surface area contributed by atoms with E-state index in [1.54, 1.807) is 10.9 Å². The molecule has 5 nitrogen and oxygen atoms in total. The Balaban J connectivity index is 1.47. The molecule has 1 aromatic heterocycles. The smallest absolute Gasteiger partial charge is 0.270 e. The van der Waals surface area contributed by atoms with Gasteiger partial charge in [0.15, 0.2) is 0 Å². The maximum atomic E-state index is 11.9. The molecule has 0 atom stereocenters. The van der Waals surface area contributed by atoms with Gasteiger partial charge >= 0.3 is 0 Å². The van der Waals surface area contributed by atoms with Crippen LogP contribution in [-0.2, 0) is 4.79 Å². The van der Waals surface area contributed by atoms with Gasteiger partial charge in [0.25, 0.3) is 5.91 Å². The van der Waals surface area contributed by atoms with Crippen LogP contribution in [0.1, 0.15) is 36.2 Å². The quantitative estimate of drug-likeness (QED) is 0.906. The Kier molecular flexibility index (Phi) is 3.50. The third kappa shape index (κ3) is 2.94. The monoisotopic (exact) mass is 279 g/mol. The average molecular weight is 279 g/mol. The minimum absolute atomic E-state index is 0.104. The lowest BCUT2D eigenvalue weighted by atomic mass is 10.0. The summed E-state index contributed by atoms with van der Waals surface area (Å²) in [5.74, 6) is 0.499. The van der Waals surface area contributed by atoms with Crippen LogP contribution in [0, 0.1) is 5.92 Å². The predicted molar refractivity (Wildman–Crippen MR) is 71.9 cm³/mol. The fraction of sp³-hybridized carbons (Fsp3) is 0.615. The van der Waals surface area contributed by atoms with E-state index < -0.39 is 0 Å². The molecule has 3 rings (SSSR count). The van der Waals surface area contributed by atoms with Crippen molar-refractivity contribution in [1.82, 2.24) is 15.2 Å². The first-order valence-corrected chi connectivity index (χ1v) is 7.66. The number of nitrogens with one attached hydrogen (secondary N) is 1. The van der Waals surface area contributed by atoms with Crippen LogP contribution in [0.15, 0.2) is 10.9 Å². The summed E-state index contributed by atoms with van der Waals surface area (Å²) in [5.41, 5.74) is 2.15. The number of carbonyl (C=O) groups excluding carboxylic acids is 2. The van der Waals surface area contributed by atoms with E-state index in [1.807, 2.05) is 4.90 Å². The van der Waals surface area contributed by atoms with Gasteiger partial charge in [-0.3, -0.25) is 9.59 Å². The minimum atomic E-state index is -0.104. The van der Waals surface area contributed by atoms with E-state index in [-0.39, 0.29) is 11.9 Å². The molecule has 2 heterocycles. The maximum absolute atomic E-state index is 11.9. The molecule has 1 saturated heterocycles. The second-order valence-corrected chi connectivity index (χ2v) is 5.94. The van der Waals surface area contributed by atoms with E-state index in [9.17, 15) is 9.59 Å². The number of thiazole rings is 1. The first-order valence-electron chi connectivity index (χ1n) is 6.72. The highest BCUT2D eigenvalue weighted by atomic mass is 32.1. The average Bonchev–Trinajstić information content (AvgIpc) is 3.13. The summed E-state index contributed by atoms with van der Waals surface area (Å²) in [4.78, 5) is 29.7. The maximum Gasteiger partial charge on any atom is 0.270 e. The van der Waals surface area contributed by atoms with Gasteiger partial charge in [-0.25, -0.2) is 4.98 Å². The molecule has 0 radical (unpaired) electrons. The third-order valence-corrected chi connectivity index (χ3v) is 4.32. The van der Waals surface area contributed by atoms with Gasteiger partial charge in [0, 0.05) is 30.4 Å². The van der Waals surface area contributed by atoms with Gasteiger partial charge in [-0.2, -0.15) is 0 Å². The highest BCUT2D eigenvalue weighted by Crippen LogP contribution is 2.31. The summed E-state index contributed by atoms with van der Waals surface area (Å²) in [6.45, 7) is 1.52. The van der Waals surface area contributed by atoms with Crippen LogP contribution in [0.4, 0.5) is 0 Å². The molecule has 0 spiro atoms. The van der Waals surface area contributed by atoms with Crippen LogP contribution in [0.3, 0.4) is 0 Å². The first-order chi connectivity index (χ1) is 9.24. The molecular weight excluding hydrogens is 262 g/mol. The summed E-state index contributed by atoms with van der Waals surface area (Å²) >= 11 is 1.42. The second-order valence-electron chi connectivity index (χ2n) is 5.22. The van der Waals surface area contributed by atoms with E-state index in [1.165, 1.54) is 11.3 Å². The lowest BCUT2D eigenvalue weighted by Crippen LogP contribution is -2.47. The minimum Gasteiger partial charge on any atom is -0.348 e. The number of amides is 2. The number of nitrogens with zero attached hydrogens (tertiary/aromatic N) is 2. The molecule has 1 aromatic rings. The number of hydrogen-bond donors (Lipinski definition) is 1. The fourth-order valence-corrected chi connectivity index (χ4v) is 2.95. The standard InChI is InChI=1S/C13H17N3O2S/c17-12(11-7-19-8-14-11)15-10-3-5-16(6-4-10)13(18)9-1-2-9/h7-10H,1-6H2,(H,15,17). The number of likely N-dealkylation sites (tertiary alicyclic amines) is 1. The molecule has 1 aliphatic heterocycles. The van der Waals surface area contributed by atoms with Gasteiger partial charge in [-0.15, -0.1) is 11.3 Å². The number of rotatable bonds is 3. The fourth-order valence-electron chi connectivity index (χ4n) is 2.42. The molecule has 0 bridgehead atoms. The van der Waals surface area contributed by atoms with Crippen LogP contribution in [0.2, 0.25) is 0 Å². The molecule has 6 heteroatoms. The van der Waals surface area contributed by atoms with E-state index in [0.29, 0.717) is 17.5 Å². The van der Waals surface area contributed by atoms with Crippen LogP contribution in [0.5, 0.6) is 0 Å². The van der Waals surface area contributed by atoms with E-state index in [2.05, 4.69) is 10.3 Å². The van der Waals surface area contributed by atoms with E-state index >= 15 is 0 Å². The zero-order chi connectivity index (χ0) is 13.2. The van der Waals surface area contributed by atoms with Crippen LogP contribution in [0.25, 0.3) is 0 Å². The normalized spacial score (nSPS) is 20.3. The van der Waals surface area contributed by atoms with Crippen molar-refractivity contribution in [3.63, 3.8) is 0 Å². The first kappa shape index (κ1) is 12.6. The van der Waals surface area contributed by atoms with Gasteiger partial charge in [0.05, 0.1) is 5.51 Å².